The monoisotopic (exact) mass is 213 g/mol. The van der Waals surface area contributed by atoms with Gasteiger partial charge in [-0.05, 0) is 19.0 Å². The molecule has 0 aliphatic carbocycles. The minimum absolute atomic E-state index is 1.25. The molecule has 83 valence electrons. The van der Waals surface area contributed by atoms with Gasteiger partial charge in [0.1, 0.15) is 0 Å². The first-order chi connectivity index (χ1) is 6.91. The van der Waals surface area contributed by atoms with Gasteiger partial charge in [0.2, 0.25) is 0 Å². The third kappa shape index (κ3) is 12.2. The van der Waals surface area contributed by atoms with E-state index in [0.717, 1.165) is 0 Å². The summed E-state index contributed by atoms with van der Waals surface area (Å²) >= 11 is 0. The van der Waals surface area contributed by atoms with Crippen molar-refractivity contribution in [2.24, 2.45) is 0 Å². The second-order valence-corrected chi connectivity index (χ2v) is 4.96. The molecule has 0 saturated heterocycles. The van der Waals surface area contributed by atoms with Crippen LogP contribution >= 0.6 is 8.58 Å². The SMILES string of the molecule is CCCC=C[P]CCCCCCCC. The van der Waals surface area contributed by atoms with E-state index in [1.165, 1.54) is 66.1 Å². The average Bonchev–Trinajstić information content (AvgIpc) is 2.21. The highest BCUT2D eigenvalue weighted by molar-refractivity contribution is 7.41. The third-order valence-electron chi connectivity index (χ3n) is 2.31. The Morgan fingerprint density at radius 3 is 2.29 bits per heavy atom. The van der Waals surface area contributed by atoms with E-state index >= 15 is 0 Å². The minimum Gasteiger partial charge on any atom is -0.0837 e. The first-order valence-corrected chi connectivity index (χ1v) is 7.38. The van der Waals surface area contributed by atoms with E-state index in [9.17, 15) is 0 Å². The van der Waals surface area contributed by atoms with Gasteiger partial charge in [0.05, 0.1) is 0 Å². The smallest absolute Gasteiger partial charge is 0.0250 e. The molecule has 0 heterocycles. The molecule has 0 aromatic carbocycles. The van der Waals surface area contributed by atoms with E-state index in [2.05, 4.69) is 25.7 Å². The molecular weight excluding hydrogens is 187 g/mol. The summed E-state index contributed by atoms with van der Waals surface area (Å²) in [7, 11) is 1.53. The van der Waals surface area contributed by atoms with Crippen LogP contribution in [-0.2, 0) is 0 Å². The molecule has 0 saturated carbocycles. The van der Waals surface area contributed by atoms with Crippen LogP contribution in [0.4, 0.5) is 0 Å². The van der Waals surface area contributed by atoms with Crippen molar-refractivity contribution in [2.45, 2.75) is 65.2 Å². The lowest BCUT2D eigenvalue weighted by molar-refractivity contribution is 0.626. The topological polar surface area (TPSA) is 0 Å². The Kier molecular flexibility index (Phi) is 13.3. The fourth-order valence-corrected chi connectivity index (χ4v) is 2.23. The maximum absolute atomic E-state index is 2.33. The molecule has 0 aliphatic heterocycles. The fraction of sp³-hybridized carbons (Fsp3) is 0.846. The molecule has 0 spiro atoms. The largest absolute Gasteiger partial charge is 0.0837 e. The molecule has 1 radical (unpaired) electrons. The van der Waals surface area contributed by atoms with Crippen molar-refractivity contribution in [3.8, 4) is 0 Å². The number of unbranched alkanes of at least 4 members (excludes halogenated alkanes) is 6. The van der Waals surface area contributed by atoms with E-state index in [4.69, 9.17) is 0 Å². The average molecular weight is 213 g/mol. The Balaban J connectivity index is 2.91. The Bertz CT molecular complexity index is 118. The summed E-state index contributed by atoms with van der Waals surface area (Å²) in [5, 5.41) is 0. The van der Waals surface area contributed by atoms with E-state index < -0.39 is 0 Å². The third-order valence-corrected chi connectivity index (χ3v) is 3.30. The van der Waals surface area contributed by atoms with Crippen molar-refractivity contribution in [1.29, 1.82) is 0 Å². The summed E-state index contributed by atoms with van der Waals surface area (Å²) < 4.78 is 0. The molecule has 0 N–H and O–H groups in total. The van der Waals surface area contributed by atoms with E-state index in [-0.39, 0.29) is 0 Å². The van der Waals surface area contributed by atoms with Gasteiger partial charge in [0.25, 0.3) is 0 Å². The molecule has 0 rings (SSSR count). The van der Waals surface area contributed by atoms with Crippen LogP contribution in [-0.4, -0.2) is 6.16 Å². The van der Waals surface area contributed by atoms with Crippen LogP contribution in [0.25, 0.3) is 0 Å². The second kappa shape index (κ2) is 13.2. The normalized spacial score (nSPS) is 12.1. The van der Waals surface area contributed by atoms with Gasteiger partial charge >= 0.3 is 0 Å². The Hall–Kier alpha value is 0.170. The molecule has 0 atom stereocenters. The maximum atomic E-state index is 2.33. The zero-order valence-electron chi connectivity index (χ0n) is 9.97. The van der Waals surface area contributed by atoms with Crippen molar-refractivity contribution in [2.75, 3.05) is 6.16 Å². The molecule has 0 bridgehead atoms. The molecule has 0 aromatic rings. The van der Waals surface area contributed by atoms with Gasteiger partial charge in [-0.25, -0.2) is 0 Å². The van der Waals surface area contributed by atoms with Crippen molar-refractivity contribution in [3.05, 3.63) is 11.9 Å². The molecule has 1 heteroatoms. The van der Waals surface area contributed by atoms with Crippen molar-refractivity contribution in [1.82, 2.24) is 0 Å². The molecule has 0 aliphatic rings. The highest BCUT2D eigenvalue weighted by Crippen LogP contribution is 2.16. The molecule has 0 aromatic heterocycles. The van der Waals surface area contributed by atoms with Gasteiger partial charge in [-0.3, -0.25) is 0 Å². The number of hydrogen-bond donors (Lipinski definition) is 0. The summed E-state index contributed by atoms with van der Waals surface area (Å²) in [6, 6.07) is 0. The maximum Gasteiger partial charge on any atom is -0.0250 e. The van der Waals surface area contributed by atoms with Gasteiger partial charge in [-0.1, -0.05) is 72.8 Å². The van der Waals surface area contributed by atoms with Crippen molar-refractivity contribution < 1.29 is 0 Å². The van der Waals surface area contributed by atoms with Crippen LogP contribution in [0.3, 0.4) is 0 Å². The van der Waals surface area contributed by atoms with Gasteiger partial charge in [-0.15, -0.1) is 0 Å². The molecule has 0 fully saturated rings. The summed E-state index contributed by atoms with van der Waals surface area (Å²) in [5.41, 5.74) is 0. The zero-order valence-corrected chi connectivity index (χ0v) is 10.9. The molecular formula is C13H26P. The zero-order chi connectivity index (χ0) is 10.5. The van der Waals surface area contributed by atoms with Crippen molar-refractivity contribution >= 4 is 8.58 Å². The van der Waals surface area contributed by atoms with Gasteiger partial charge in [0.15, 0.2) is 0 Å². The molecule has 0 unspecified atom stereocenters. The highest BCUT2D eigenvalue weighted by atomic mass is 31.1. The van der Waals surface area contributed by atoms with Crippen LogP contribution in [0, 0.1) is 0 Å². The lowest BCUT2D eigenvalue weighted by Gasteiger charge is -1.98. The highest BCUT2D eigenvalue weighted by Gasteiger charge is 1.89. The molecule has 14 heavy (non-hydrogen) atoms. The minimum atomic E-state index is 1.25. The fourth-order valence-electron chi connectivity index (χ4n) is 1.37. The number of allylic oxidation sites excluding steroid dienone is 1. The predicted octanol–water partition coefficient (Wildman–Crippen LogP) is 5.61. The van der Waals surface area contributed by atoms with Crippen LogP contribution in [0.5, 0.6) is 0 Å². The van der Waals surface area contributed by atoms with Crippen LogP contribution in [0.15, 0.2) is 11.9 Å². The predicted molar refractivity (Wildman–Crippen MR) is 69.2 cm³/mol. The van der Waals surface area contributed by atoms with E-state index in [1.807, 2.05) is 0 Å². The Morgan fingerprint density at radius 1 is 0.857 bits per heavy atom. The molecule has 0 amide bonds. The van der Waals surface area contributed by atoms with Gasteiger partial charge in [-0.2, -0.15) is 0 Å². The lowest BCUT2D eigenvalue weighted by atomic mass is 10.1. The number of hydrogen-bond acceptors (Lipinski definition) is 0. The summed E-state index contributed by atoms with van der Waals surface area (Å²) in [6.45, 7) is 4.51. The quantitative estimate of drug-likeness (QED) is 0.327. The van der Waals surface area contributed by atoms with Crippen molar-refractivity contribution in [3.63, 3.8) is 0 Å². The van der Waals surface area contributed by atoms with Gasteiger partial charge in [0, 0.05) is 0 Å². The first-order valence-electron chi connectivity index (χ1n) is 6.23. The van der Waals surface area contributed by atoms with Crippen LogP contribution in [0.1, 0.15) is 65.2 Å². The van der Waals surface area contributed by atoms with E-state index in [1.54, 1.807) is 0 Å². The second-order valence-electron chi connectivity index (χ2n) is 3.85. The summed E-state index contributed by atoms with van der Waals surface area (Å²) in [4.78, 5) is 0. The summed E-state index contributed by atoms with van der Waals surface area (Å²) in [5.74, 6) is 2.33. The Morgan fingerprint density at radius 2 is 1.57 bits per heavy atom. The standard InChI is InChI=1S/C13H26P/c1-3-5-7-8-9-11-13-14-12-10-6-4-2/h10,12H,3-9,11,13H2,1-2H3. The first kappa shape index (κ1) is 14.2. The molecule has 0 nitrogen and oxygen atoms in total. The van der Waals surface area contributed by atoms with E-state index in [0.29, 0.717) is 0 Å². The number of rotatable bonds is 10. The van der Waals surface area contributed by atoms with Crippen LogP contribution in [0.2, 0.25) is 0 Å². The Labute approximate surface area is 92.3 Å². The van der Waals surface area contributed by atoms with Gasteiger partial charge < -0.3 is 0 Å². The van der Waals surface area contributed by atoms with Crippen LogP contribution < -0.4 is 0 Å². The lowest BCUT2D eigenvalue weighted by Crippen LogP contribution is -1.79. The summed E-state index contributed by atoms with van der Waals surface area (Å²) in [6.07, 6.45) is 14.8.